The summed E-state index contributed by atoms with van der Waals surface area (Å²) in [5.41, 5.74) is 1.16. The van der Waals surface area contributed by atoms with Crippen molar-refractivity contribution in [3.05, 3.63) is 12.3 Å². The third-order valence-electron chi connectivity index (χ3n) is 4.34. The molecule has 2 fully saturated rings. The Morgan fingerprint density at radius 3 is 3.07 bits per heavy atom. The van der Waals surface area contributed by atoms with Gasteiger partial charge in [-0.2, -0.15) is 0 Å². The van der Waals surface area contributed by atoms with Gasteiger partial charge in [0.25, 0.3) is 0 Å². The number of fused-ring (bicyclic) bond motifs is 1. The van der Waals surface area contributed by atoms with Gasteiger partial charge < -0.3 is 9.69 Å². The summed E-state index contributed by atoms with van der Waals surface area (Å²) in [7, 11) is 0. The maximum absolute atomic E-state index is 11.5. The molecule has 2 aliphatic heterocycles. The van der Waals surface area contributed by atoms with Gasteiger partial charge in [-0.25, -0.2) is 0 Å². The lowest BCUT2D eigenvalue weighted by Crippen LogP contribution is -2.43. The fraction of sp³-hybridized carbons (Fsp3) is 0.769. The van der Waals surface area contributed by atoms with Gasteiger partial charge in [0.05, 0.1) is 0 Å². The van der Waals surface area contributed by atoms with Crippen LogP contribution in [0, 0.1) is 5.41 Å². The van der Waals surface area contributed by atoms with E-state index in [2.05, 4.69) is 18.4 Å². The number of allylic oxidation sites excluding steroid dienone is 1. The van der Waals surface area contributed by atoms with Crippen molar-refractivity contribution in [3.63, 3.8) is 0 Å². The number of aldehydes is 1. The minimum atomic E-state index is -0.0874. The van der Waals surface area contributed by atoms with Crippen molar-refractivity contribution in [1.29, 1.82) is 0 Å². The zero-order valence-electron chi connectivity index (χ0n) is 9.67. The summed E-state index contributed by atoms with van der Waals surface area (Å²) in [4.78, 5) is 13.9. The van der Waals surface area contributed by atoms with Crippen molar-refractivity contribution in [3.8, 4) is 0 Å². The topological polar surface area (TPSA) is 20.3 Å². The molecule has 0 saturated carbocycles. The SMILES string of the molecule is C=C1CC[C@@H]2N1CCCCC2(C=O)CC. The van der Waals surface area contributed by atoms with Gasteiger partial charge in [0.1, 0.15) is 6.29 Å². The summed E-state index contributed by atoms with van der Waals surface area (Å²) >= 11 is 0. The predicted octanol–water partition coefficient (Wildman–Crippen LogP) is 2.74. The van der Waals surface area contributed by atoms with Gasteiger partial charge in [0.15, 0.2) is 0 Å². The first-order valence-electron chi connectivity index (χ1n) is 6.14. The minimum absolute atomic E-state index is 0.0874. The Balaban J connectivity index is 2.30. The first kappa shape index (κ1) is 10.7. The van der Waals surface area contributed by atoms with Crippen LogP contribution in [0.25, 0.3) is 0 Å². The Labute approximate surface area is 92.3 Å². The number of hydrogen-bond donors (Lipinski definition) is 0. The first-order chi connectivity index (χ1) is 7.23. The molecular formula is C13H21NO. The zero-order valence-corrected chi connectivity index (χ0v) is 9.67. The van der Waals surface area contributed by atoms with E-state index in [9.17, 15) is 4.79 Å². The molecule has 0 aromatic heterocycles. The molecule has 0 spiro atoms. The standard InChI is InChI=1S/C13H21NO/c1-3-13(10-15)8-4-5-9-14-11(2)6-7-12(13)14/h10,12H,2-9H2,1H3/t12-,13?/m0/s1. The number of hydrogen-bond acceptors (Lipinski definition) is 2. The molecule has 0 aliphatic carbocycles. The summed E-state index contributed by atoms with van der Waals surface area (Å²) in [6, 6.07) is 0.440. The molecule has 84 valence electrons. The highest BCUT2D eigenvalue weighted by Gasteiger charge is 2.44. The van der Waals surface area contributed by atoms with E-state index >= 15 is 0 Å². The third-order valence-corrected chi connectivity index (χ3v) is 4.34. The Morgan fingerprint density at radius 2 is 2.40 bits per heavy atom. The van der Waals surface area contributed by atoms with Gasteiger partial charge in [-0.1, -0.05) is 19.9 Å². The highest BCUT2D eigenvalue weighted by molar-refractivity contribution is 5.61. The summed E-state index contributed by atoms with van der Waals surface area (Å²) < 4.78 is 0. The Kier molecular flexibility index (Phi) is 2.85. The third kappa shape index (κ3) is 1.60. The second-order valence-corrected chi connectivity index (χ2v) is 4.98. The average Bonchev–Trinajstić information content (AvgIpc) is 2.53. The lowest BCUT2D eigenvalue weighted by Gasteiger charge is -2.37. The van der Waals surface area contributed by atoms with Gasteiger partial charge in [0.2, 0.25) is 0 Å². The molecule has 0 radical (unpaired) electrons. The number of nitrogens with zero attached hydrogens (tertiary/aromatic N) is 1. The first-order valence-corrected chi connectivity index (χ1v) is 6.14. The summed E-state index contributed by atoms with van der Waals surface area (Å²) in [6.45, 7) is 7.39. The van der Waals surface area contributed by atoms with E-state index in [-0.39, 0.29) is 5.41 Å². The second kappa shape index (κ2) is 3.99. The average molecular weight is 207 g/mol. The quantitative estimate of drug-likeness (QED) is 0.649. The molecule has 1 unspecified atom stereocenters. The highest BCUT2D eigenvalue weighted by atomic mass is 16.1. The van der Waals surface area contributed by atoms with Gasteiger partial charge in [0, 0.05) is 23.7 Å². The molecule has 0 bridgehead atoms. The molecule has 2 aliphatic rings. The minimum Gasteiger partial charge on any atom is -0.371 e. The van der Waals surface area contributed by atoms with E-state index in [0.717, 1.165) is 32.2 Å². The van der Waals surface area contributed by atoms with Crippen LogP contribution >= 0.6 is 0 Å². The maximum atomic E-state index is 11.5. The van der Waals surface area contributed by atoms with Crippen molar-refractivity contribution < 1.29 is 4.79 Å². The molecular weight excluding hydrogens is 186 g/mol. The van der Waals surface area contributed by atoms with Gasteiger partial charge >= 0.3 is 0 Å². The van der Waals surface area contributed by atoms with Crippen LogP contribution in [0.5, 0.6) is 0 Å². The smallest absolute Gasteiger partial charge is 0.128 e. The van der Waals surface area contributed by atoms with Crippen LogP contribution in [0.4, 0.5) is 0 Å². The molecule has 2 nitrogen and oxygen atoms in total. The van der Waals surface area contributed by atoms with Crippen LogP contribution in [0.2, 0.25) is 0 Å². The molecule has 2 atom stereocenters. The summed E-state index contributed by atoms with van der Waals surface area (Å²) in [6.07, 6.45) is 7.89. The molecule has 2 rings (SSSR count). The van der Waals surface area contributed by atoms with Crippen LogP contribution < -0.4 is 0 Å². The monoisotopic (exact) mass is 207 g/mol. The zero-order chi connectivity index (χ0) is 10.9. The lowest BCUT2D eigenvalue weighted by atomic mass is 9.75. The predicted molar refractivity (Wildman–Crippen MR) is 61.5 cm³/mol. The Morgan fingerprint density at radius 1 is 1.60 bits per heavy atom. The number of rotatable bonds is 2. The molecule has 0 amide bonds. The van der Waals surface area contributed by atoms with Crippen LogP contribution in [-0.4, -0.2) is 23.8 Å². The Bertz CT molecular complexity index is 274. The Hall–Kier alpha value is -0.790. The van der Waals surface area contributed by atoms with Crippen molar-refractivity contribution >= 4 is 6.29 Å². The van der Waals surface area contributed by atoms with Crippen LogP contribution in [0.1, 0.15) is 45.4 Å². The fourth-order valence-corrected chi connectivity index (χ4v) is 3.27. The maximum Gasteiger partial charge on any atom is 0.128 e. The lowest BCUT2D eigenvalue weighted by molar-refractivity contribution is -0.119. The number of carbonyl (C=O) groups excluding carboxylic acids is 1. The molecule has 0 aromatic rings. The van der Waals surface area contributed by atoms with Gasteiger partial charge in [-0.15, -0.1) is 0 Å². The van der Waals surface area contributed by atoms with Crippen molar-refractivity contribution in [2.75, 3.05) is 6.54 Å². The molecule has 0 aromatic carbocycles. The van der Waals surface area contributed by atoms with E-state index in [1.807, 2.05) is 0 Å². The van der Waals surface area contributed by atoms with Crippen molar-refractivity contribution in [2.45, 2.75) is 51.5 Å². The normalized spacial score (nSPS) is 36.2. The van der Waals surface area contributed by atoms with E-state index in [4.69, 9.17) is 0 Å². The van der Waals surface area contributed by atoms with E-state index in [0.29, 0.717) is 6.04 Å². The molecule has 15 heavy (non-hydrogen) atoms. The fourth-order valence-electron chi connectivity index (χ4n) is 3.27. The van der Waals surface area contributed by atoms with Crippen molar-refractivity contribution in [2.24, 2.45) is 5.41 Å². The number of carbonyl (C=O) groups is 1. The van der Waals surface area contributed by atoms with E-state index in [1.54, 1.807) is 0 Å². The largest absolute Gasteiger partial charge is 0.371 e. The molecule has 2 heterocycles. The van der Waals surface area contributed by atoms with Crippen LogP contribution in [0.3, 0.4) is 0 Å². The van der Waals surface area contributed by atoms with E-state index in [1.165, 1.54) is 24.8 Å². The molecule has 2 heteroatoms. The van der Waals surface area contributed by atoms with E-state index < -0.39 is 0 Å². The highest BCUT2D eigenvalue weighted by Crippen LogP contribution is 2.44. The second-order valence-electron chi connectivity index (χ2n) is 4.98. The van der Waals surface area contributed by atoms with Crippen LogP contribution in [-0.2, 0) is 4.79 Å². The van der Waals surface area contributed by atoms with Gasteiger partial charge in [-0.3, -0.25) is 0 Å². The van der Waals surface area contributed by atoms with Crippen LogP contribution in [0.15, 0.2) is 12.3 Å². The van der Waals surface area contributed by atoms with Gasteiger partial charge in [-0.05, 0) is 32.1 Å². The molecule has 2 saturated heterocycles. The van der Waals surface area contributed by atoms with Crippen molar-refractivity contribution in [1.82, 2.24) is 4.90 Å². The summed E-state index contributed by atoms with van der Waals surface area (Å²) in [5.74, 6) is 0. The molecule has 0 N–H and O–H groups in total. The summed E-state index contributed by atoms with van der Waals surface area (Å²) in [5, 5.41) is 0.